The second kappa shape index (κ2) is 5.02. The van der Waals surface area contributed by atoms with E-state index in [9.17, 15) is 8.42 Å². The fourth-order valence-corrected chi connectivity index (χ4v) is 5.23. The van der Waals surface area contributed by atoms with Crippen LogP contribution in [0.3, 0.4) is 0 Å². The third-order valence-corrected chi connectivity index (χ3v) is 6.69. The minimum absolute atomic E-state index is 0.157. The number of hydrogen-bond acceptors (Lipinski definition) is 2. The van der Waals surface area contributed by atoms with E-state index in [1.165, 1.54) is 0 Å². The van der Waals surface area contributed by atoms with E-state index in [-0.39, 0.29) is 6.04 Å². The molecule has 0 amide bonds. The molecule has 1 aromatic carbocycles. The lowest BCUT2D eigenvalue weighted by Crippen LogP contribution is -2.40. The Morgan fingerprint density at radius 2 is 1.90 bits per heavy atom. The molecule has 0 saturated heterocycles. The normalized spacial score (nSPS) is 19.8. The molecule has 1 atom stereocenters. The third-order valence-electron chi connectivity index (χ3n) is 3.71. The van der Waals surface area contributed by atoms with Gasteiger partial charge in [-0.2, -0.15) is 4.31 Å². The van der Waals surface area contributed by atoms with Crippen molar-refractivity contribution in [3.63, 3.8) is 0 Å². The van der Waals surface area contributed by atoms with Crippen LogP contribution in [0.4, 0.5) is 0 Å². The van der Waals surface area contributed by atoms with E-state index < -0.39 is 10.0 Å². The van der Waals surface area contributed by atoms with Crippen molar-refractivity contribution < 1.29 is 8.42 Å². The zero-order valence-corrected chi connectivity index (χ0v) is 13.4. The number of benzene rings is 1. The topological polar surface area (TPSA) is 42.3 Å². The van der Waals surface area contributed by atoms with Crippen LogP contribution in [0, 0.1) is 0 Å². The summed E-state index contributed by atoms with van der Waals surface area (Å²) in [6.07, 6.45) is 1.99. The summed E-state index contributed by atoms with van der Waals surface area (Å²) in [6, 6.07) is 10.7. The van der Waals surface area contributed by atoms with E-state index in [1.807, 2.05) is 31.3 Å². The molecule has 6 heteroatoms. The number of sulfonamides is 1. The first-order valence-electron chi connectivity index (χ1n) is 6.43. The zero-order chi connectivity index (χ0) is 14.3. The Kier molecular flexibility index (Phi) is 3.48. The van der Waals surface area contributed by atoms with Crippen LogP contribution in [0.5, 0.6) is 0 Å². The van der Waals surface area contributed by atoms with Gasteiger partial charge < -0.3 is 4.57 Å². The maximum Gasteiger partial charge on any atom is 0.244 e. The number of aromatic nitrogens is 1. The Bertz CT molecular complexity index is 739. The van der Waals surface area contributed by atoms with Crippen molar-refractivity contribution in [1.82, 2.24) is 8.87 Å². The average molecular weight is 355 g/mol. The quantitative estimate of drug-likeness (QED) is 0.831. The van der Waals surface area contributed by atoms with Gasteiger partial charge in [0.25, 0.3) is 0 Å². The number of halogens is 1. The molecule has 0 aliphatic carbocycles. The summed E-state index contributed by atoms with van der Waals surface area (Å²) in [5, 5.41) is 0. The Morgan fingerprint density at radius 3 is 2.65 bits per heavy atom. The molecular weight excluding hydrogens is 340 g/mol. The Labute approximate surface area is 127 Å². The molecule has 1 aromatic heterocycles. The minimum atomic E-state index is -3.49. The lowest BCUT2D eigenvalue weighted by Gasteiger charge is -2.34. The molecule has 2 aromatic rings. The fraction of sp³-hybridized carbons (Fsp3) is 0.286. The van der Waals surface area contributed by atoms with Gasteiger partial charge in [0.05, 0.1) is 10.9 Å². The molecule has 0 saturated carbocycles. The maximum atomic E-state index is 12.8. The summed E-state index contributed by atoms with van der Waals surface area (Å²) in [5.41, 5.74) is 1.03. The second-order valence-corrected chi connectivity index (χ2v) is 7.56. The van der Waals surface area contributed by atoms with Crippen LogP contribution in [-0.2, 0) is 16.6 Å². The third kappa shape index (κ3) is 2.12. The van der Waals surface area contributed by atoms with Gasteiger partial charge in [0.2, 0.25) is 10.0 Å². The van der Waals surface area contributed by atoms with Crippen LogP contribution in [-0.4, -0.2) is 23.8 Å². The van der Waals surface area contributed by atoms with Gasteiger partial charge >= 0.3 is 0 Å². The molecule has 2 heterocycles. The Balaban J connectivity index is 2.04. The van der Waals surface area contributed by atoms with Crippen LogP contribution in [0.25, 0.3) is 0 Å². The summed E-state index contributed by atoms with van der Waals surface area (Å²) in [7, 11) is -3.49. The molecule has 3 rings (SSSR count). The first-order chi connectivity index (χ1) is 9.51. The summed E-state index contributed by atoms with van der Waals surface area (Å²) < 4.78 is 30.0. The highest BCUT2D eigenvalue weighted by molar-refractivity contribution is 9.10. The molecule has 4 nitrogen and oxygen atoms in total. The van der Waals surface area contributed by atoms with Crippen molar-refractivity contribution in [2.45, 2.75) is 24.4 Å². The van der Waals surface area contributed by atoms with E-state index in [1.54, 1.807) is 22.5 Å². The first kappa shape index (κ1) is 13.9. The van der Waals surface area contributed by atoms with Gasteiger partial charge in [-0.1, -0.05) is 12.1 Å². The van der Waals surface area contributed by atoms with Crippen molar-refractivity contribution >= 4 is 26.0 Å². The molecule has 1 aliphatic rings. The Hall–Kier alpha value is -1.11. The highest BCUT2D eigenvalue weighted by Gasteiger charge is 2.34. The first-order valence-corrected chi connectivity index (χ1v) is 8.66. The smallest absolute Gasteiger partial charge is 0.244 e. The number of nitrogens with zero attached hydrogens (tertiary/aromatic N) is 2. The SMILES string of the molecule is CC1c2cccn2CCN1S(=O)(=O)c1ccccc1Br. The molecule has 0 spiro atoms. The van der Waals surface area contributed by atoms with E-state index in [0.29, 0.717) is 22.5 Å². The standard InChI is InChI=1S/C14H15BrN2O2S/c1-11-13-6-4-8-16(13)9-10-17(11)20(18,19)14-7-3-2-5-12(14)15/h2-8,11H,9-10H2,1H3. The van der Waals surface area contributed by atoms with Gasteiger partial charge in [0.15, 0.2) is 0 Å². The molecule has 0 radical (unpaired) electrons. The van der Waals surface area contributed by atoms with Gasteiger partial charge in [0, 0.05) is 29.5 Å². The molecule has 20 heavy (non-hydrogen) atoms. The predicted molar refractivity (Wildman–Crippen MR) is 80.9 cm³/mol. The minimum Gasteiger partial charge on any atom is -0.349 e. The summed E-state index contributed by atoms with van der Waals surface area (Å²) in [4.78, 5) is 0.326. The van der Waals surface area contributed by atoms with E-state index >= 15 is 0 Å². The molecule has 1 aliphatic heterocycles. The molecule has 0 fully saturated rings. The van der Waals surface area contributed by atoms with Crippen molar-refractivity contribution in [2.75, 3.05) is 6.54 Å². The van der Waals surface area contributed by atoms with Gasteiger partial charge in [-0.05, 0) is 47.1 Å². The summed E-state index contributed by atoms with van der Waals surface area (Å²) in [5.74, 6) is 0. The fourth-order valence-electron chi connectivity index (χ4n) is 2.67. The van der Waals surface area contributed by atoms with Crippen molar-refractivity contribution in [3.05, 3.63) is 52.8 Å². The number of hydrogen-bond donors (Lipinski definition) is 0. The van der Waals surface area contributed by atoms with Crippen LogP contribution in [0.1, 0.15) is 18.7 Å². The molecule has 0 bridgehead atoms. The van der Waals surface area contributed by atoms with Gasteiger partial charge in [-0.25, -0.2) is 8.42 Å². The molecule has 106 valence electrons. The van der Waals surface area contributed by atoms with Gasteiger partial charge in [0.1, 0.15) is 0 Å². The van der Waals surface area contributed by atoms with E-state index in [4.69, 9.17) is 0 Å². The molecule has 1 unspecified atom stereocenters. The maximum absolute atomic E-state index is 12.8. The highest BCUT2D eigenvalue weighted by Crippen LogP contribution is 2.33. The molecule has 0 N–H and O–H groups in total. The lowest BCUT2D eigenvalue weighted by molar-refractivity contribution is 0.282. The number of fused-ring (bicyclic) bond motifs is 1. The van der Waals surface area contributed by atoms with E-state index in [2.05, 4.69) is 20.5 Å². The Morgan fingerprint density at radius 1 is 1.15 bits per heavy atom. The predicted octanol–water partition coefficient (Wildman–Crippen LogP) is 3.02. The summed E-state index contributed by atoms with van der Waals surface area (Å²) in [6.45, 7) is 3.11. The van der Waals surface area contributed by atoms with Crippen LogP contribution in [0.15, 0.2) is 52.0 Å². The monoisotopic (exact) mass is 354 g/mol. The van der Waals surface area contributed by atoms with E-state index in [0.717, 1.165) is 5.69 Å². The van der Waals surface area contributed by atoms with Crippen molar-refractivity contribution in [3.8, 4) is 0 Å². The van der Waals surface area contributed by atoms with Crippen molar-refractivity contribution in [1.29, 1.82) is 0 Å². The lowest BCUT2D eigenvalue weighted by atomic mass is 10.2. The van der Waals surface area contributed by atoms with Crippen molar-refractivity contribution in [2.24, 2.45) is 0 Å². The van der Waals surface area contributed by atoms with Gasteiger partial charge in [-0.15, -0.1) is 0 Å². The second-order valence-electron chi connectivity index (χ2n) is 4.85. The molecular formula is C14H15BrN2O2S. The number of rotatable bonds is 2. The summed E-state index contributed by atoms with van der Waals surface area (Å²) >= 11 is 3.33. The average Bonchev–Trinajstić information content (AvgIpc) is 2.88. The highest BCUT2D eigenvalue weighted by atomic mass is 79.9. The van der Waals surface area contributed by atoms with Crippen LogP contribution < -0.4 is 0 Å². The largest absolute Gasteiger partial charge is 0.349 e. The van der Waals surface area contributed by atoms with Gasteiger partial charge in [-0.3, -0.25) is 0 Å². The van der Waals surface area contributed by atoms with Crippen LogP contribution in [0.2, 0.25) is 0 Å². The van der Waals surface area contributed by atoms with Crippen LogP contribution >= 0.6 is 15.9 Å². The zero-order valence-electron chi connectivity index (χ0n) is 11.0.